The number of nitriles is 1. The Kier molecular flexibility index (Phi) is 84.4. The van der Waals surface area contributed by atoms with Crippen molar-refractivity contribution in [3.63, 3.8) is 0 Å². The molecular formula is C121H202Cl5F14NO7. The number of hydrogen-bond donors (Lipinski definition) is 0. The molecule has 0 atom stereocenters. The lowest BCUT2D eigenvalue weighted by atomic mass is 9.80. The molecule has 0 saturated carbocycles. The molecule has 8 aromatic rings. The number of halogens is 19. The third-order valence-corrected chi connectivity index (χ3v) is 22.7. The van der Waals surface area contributed by atoms with E-state index in [1.54, 1.807) is 44.2 Å². The smallest absolute Gasteiger partial charge is 0.406 e. The first kappa shape index (κ1) is 173. The lowest BCUT2D eigenvalue weighted by Crippen LogP contribution is -2.26. The van der Waals surface area contributed by atoms with E-state index >= 15 is 0 Å². The first-order valence-electron chi connectivity index (χ1n) is 44.1. The van der Waals surface area contributed by atoms with E-state index in [0.717, 1.165) is 55.6 Å². The molecule has 0 spiro atoms. The van der Waals surface area contributed by atoms with E-state index < -0.39 is 43.2 Å². The van der Waals surface area contributed by atoms with Crippen LogP contribution < -0.4 is 33.2 Å². The molecule has 2 aliphatic rings. The van der Waals surface area contributed by atoms with Gasteiger partial charge < -0.3 is 33.2 Å². The highest BCUT2D eigenvalue weighted by Crippen LogP contribution is 2.53. The van der Waals surface area contributed by atoms with Gasteiger partial charge in [-0.25, -0.2) is 4.39 Å². The van der Waals surface area contributed by atoms with Gasteiger partial charge >= 0.3 is 31.7 Å². The number of hydrogen-bond acceptors (Lipinski definition) is 8. The van der Waals surface area contributed by atoms with Crippen LogP contribution in [0.15, 0.2) is 109 Å². The van der Waals surface area contributed by atoms with Gasteiger partial charge in [0.25, 0.3) is 0 Å². The first-order valence-corrected chi connectivity index (χ1v) is 45.9. The van der Waals surface area contributed by atoms with Crippen LogP contribution >= 0.6 is 58.0 Å². The van der Waals surface area contributed by atoms with Crippen LogP contribution in [-0.2, 0) is 10.8 Å². The second-order valence-electron chi connectivity index (χ2n) is 38.7. The first-order chi connectivity index (χ1) is 59.6. The topological polar surface area (TPSA) is 88.4 Å². The summed E-state index contributed by atoms with van der Waals surface area (Å²) in [6.07, 6.45) is -21.4. The van der Waals surface area contributed by atoms with E-state index in [1.165, 1.54) is 57.6 Å². The molecule has 0 N–H and O–H groups in total. The minimum absolute atomic E-state index is 0. The van der Waals surface area contributed by atoms with Crippen molar-refractivity contribution in [2.45, 2.75) is 487 Å². The van der Waals surface area contributed by atoms with Crippen LogP contribution in [0.2, 0.25) is 25.1 Å². The number of ether oxygens (including phenoxy) is 7. The zero-order valence-electron chi connectivity index (χ0n) is 82.0. The van der Waals surface area contributed by atoms with Crippen LogP contribution in [-0.4, -0.2) is 31.7 Å². The Morgan fingerprint density at radius 3 is 0.919 bits per heavy atom. The molecule has 0 radical (unpaired) electrons. The van der Waals surface area contributed by atoms with Gasteiger partial charge in [-0.05, 0) is 255 Å². The minimum atomic E-state index is -4.88. The molecule has 0 bridgehead atoms. The van der Waals surface area contributed by atoms with Gasteiger partial charge in [0.15, 0.2) is 34.6 Å². The number of benzene rings is 8. The molecule has 8 nitrogen and oxygen atoms in total. The molecule has 0 saturated heterocycles. The van der Waals surface area contributed by atoms with Gasteiger partial charge in [0.05, 0.1) is 31.7 Å². The van der Waals surface area contributed by atoms with E-state index in [4.69, 9.17) is 63.3 Å². The van der Waals surface area contributed by atoms with Crippen LogP contribution in [0.25, 0.3) is 0 Å². The van der Waals surface area contributed by atoms with Crippen molar-refractivity contribution >= 4 is 58.0 Å². The van der Waals surface area contributed by atoms with Gasteiger partial charge in [-0.1, -0.05) is 456 Å². The van der Waals surface area contributed by atoms with Gasteiger partial charge in [-0.3, -0.25) is 0 Å². The Labute approximate surface area is 920 Å². The van der Waals surface area contributed by atoms with E-state index in [-0.39, 0.29) is 235 Å². The summed E-state index contributed by atoms with van der Waals surface area (Å²) >= 11 is 30.5. The molecule has 27 heteroatoms. The quantitative estimate of drug-likeness (QED) is 0.0833. The highest BCUT2D eigenvalue weighted by molar-refractivity contribution is 6.42. The van der Waals surface area contributed by atoms with Crippen molar-refractivity contribution in [2.75, 3.05) is 0 Å². The van der Waals surface area contributed by atoms with E-state index in [9.17, 15) is 61.5 Å². The molecule has 0 aromatic heterocycles. The molecule has 866 valence electrons. The maximum absolute atomic E-state index is 14.0. The molecule has 0 amide bonds. The predicted octanol–water partition coefficient (Wildman–Crippen LogP) is 49.2. The van der Waals surface area contributed by atoms with Crippen LogP contribution in [0.1, 0.15) is 539 Å². The Bertz CT molecular complexity index is 5010. The zero-order valence-corrected chi connectivity index (χ0v) is 85.7. The lowest BCUT2D eigenvalue weighted by Gasteiger charge is -2.26. The highest BCUT2D eigenvalue weighted by Gasteiger charge is 2.47. The summed E-state index contributed by atoms with van der Waals surface area (Å²) in [5, 5.41) is 11.3. The van der Waals surface area contributed by atoms with Gasteiger partial charge in [0.1, 0.15) is 11.5 Å². The molecule has 0 fully saturated rings. The fourth-order valence-corrected chi connectivity index (χ4v) is 16.5. The molecular weight excluding hydrogens is 2020 g/mol. The van der Waals surface area contributed by atoms with Gasteiger partial charge in [-0.2, -0.15) is 5.26 Å². The van der Waals surface area contributed by atoms with Crippen molar-refractivity contribution in [1.29, 1.82) is 5.26 Å². The molecule has 2 heterocycles. The van der Waals surface area contributed by atoms with Gasteiger partial charge in [0.2, 0.25) is 0 Å². The van der Waals surface area contributed by atoms with Crippen LogP contribution in [0.3, 0.4) is 0 Å². The monoisotopic (exact) mass is 2220 g/mol. The highest BCUT2D eigenvalue weighted by atomic mass is 35.5. The van der Waals surface area contributed by atoms with Crippen LogP contribution in [0, 0.1) is 17.1 Å². The largest absolute Gasteiger partial charge is 0.586 e. The van der Waals surface area contributed by atoms with Gasteiger partial charge in [-0.15, -0.1) is 57.1 Å². The maximum atomic E-state index is 14.0. The fourth-order valence-electron chi connectivity index (χ4n) is 14.8. The van der Waals surface area contributed by atoms with Crippen molar-refractivity contribution in [1.82, 2.24) is 0 Å². The molecule has 0 unspecified atom stereocenters. The molecule has 0 aliphatic carbocycles. The Hall–Kier alpha value is -7.68. The van der Waals surface area contributed by atoms with E-state index in [1.807, 2.05) is 142 Å². The average molecular weight is 2230 g/mol. The SMILES string of the molecule is C.C.C.C.C.C.C.C.C.C.C.C.C.C.C.C.C.CC(C)c1c(C(C)(C)C)cc2c(c1Cl)OC(F)(F)O2.CC(C)c1cc2c(cc1C(C)(C)C)OC(F)(F)O2.CC(C)c1ccc(C#N)cc1C(C)C.CC(C)c1ccc(Cl)c(Cl)c1C(C)C.CC(C)c1ccc(Cl)cc1C(C)C.CC(C)c1ccc(OC(F)(F)F)c(Cl)c1C(C)C.CC(C)c1ccc(OC(F)(F)F)c(F)c1C(C)C.CC(C)c1ccc(OC(F)(F)F)cc1C(C)C. The van der Waals surface area contributed by atoms with Crippen LogP contribution in [0.4, 0.5) is 61.5 Å². The molecule has 148 heavy (non-hydrogen) atoms. The molecule has 2 aliphatic heterocycles. The fraction of sp³-hybridized carbons (Fsp3) is 0.595. The Morgan fingerprint density at radius 2 is 0.568 bits per heavy atom. The van der Waals surface area contributed by atoms with Crippen molar-refractivity contribution in [3.05, 3.63) is 235 Å². The summed E-state index contributed by atoms with van der Waals surface area (Å²) in [5.41, 5.74) is 16.7. The third-order valence-electron chi connectivity index (χ3n) is 20.9. The zero-order chi connectivity index (χ0) is 101. The third kappa shape index (κ3) is 52.3. The predicted molar refractivity (Wildman–Crippen MR) is 623 cm³/mol. The summed E-state index contributed by atoms with van der Waals surface area (Å²) < 4.78 is 205. The molecule has 10 rings (SSSR count). The van der Waals surface area contributed by atoms with Crippen molar-refractivity contribution < 1.29 is 94.6 Å². The number of alkyl halides is 13. The van der Waals surface area contributed by atoms with Crippen LogP contribution in [0.5, 0.6) is 40.2 Å². The van der Waals surface area contributed by atoms with Gasteiger partial charge in [0, 0.05) is 5.02 Å². The second kappa shape index (κ2) is 72.1. The van der Waals surface area contributed by atoms with Crippen molar-refractivity contribution in [3.8, 4) is 46.3 Å². The number of fused-ring (bicyclic) bond motifs is 2. The normalized spacial score (nSPS) is 11.8. The van der Waals surface area contributed by atoms with Crippen molar-refractivity contribution in [2.24, 2.45) is 0 Å². The Balaban J connectivity index is -0.000000104. The average Bonchev–Trinajstić information content (AvgIpc) is 1.63. The van der Waals surface area contributed by atoms with E-state index in [2.05, 4.69) is 167 Å². The summed E-state index contributed by atoms with van der Waals surface area (Å²) in [6, 6.07) is 33.3. The standard InChI is InChI=1S/C14H17ClF2O2.C14H18F2O2.C13H16ClF3O.C13H16F4O.C13H17F3O.C13H17N.C12H16Cl2.C12H17Cl.17CH4/c1-7(2)10-8(13(3,4)5)6-9-12(11(10)15)19-14(16,17)18-9;1-8(2)9-6-11-12(18-14(15,16)17-11)7-10(9)13(3,4)5;2*1-7(2)9-5-6-10(18-13(15,16)17)12(14)11(9)8(3)4;1-8(2)11-6-5-10(17-13(14,15)16)7-12(11)9(3)4;1-9(2)12-6-5-11(8-14)7-13(12)10(3)4;1-7(2)9-5-6-10(13)12(14)11(9)8(3)4;1-8(2)11-6-5-10(13)7-12(11)9(3)4;;;;;;;;;;;;;;;;;/h6-7H,1-5H3;6-8H,1-5H3;2*5-8H,1-4H3;5-9H,1-4H3;5-7,9-10H,1-4H3;5-8H,1-4H3;5-9H,1-4H3;17*1H4. The number of rotatable bonds is 17. The summed E-state index contributed by atoms with van der Waals surface area (Å²) in [7, 11) is 0. The summed E-state index contributed by atoms with van der Waals surface area (Å²) in [6.45, 7) is 69.3. The minimum Gasteiger partial charge on any atom is -0.406 e. The number of nitrogens with zero attached hydrogens (tertiary/aromatic N) is 1. The lowest BCUT2D eigenvalue weighted by molar-refractivity contribution is -0.287. The maximum Gasteiger partial charge on any atom is 0.586 e. The summed E-state index contributed by atoms with van der Waals surface area (Å²) in [5.74, 6) is 1.91. The van der Waals surface area contributed by atoms with E-state index in [0.29, 0.717) is 56.7 Å². The summed E-state index contributed by atoms with van der Waals surface area (Å²) in [4.78, 5) is 0. The Morgan fingerprint density at radius 1 is 0.277 bits per heavy atom. The second-order valence-corrected chi connectivity index (χ2v) is 40.6. The molecule has 8 aromatic carbocycles.